The number of fused-ring (bicyclic) bond motifs is 1. The molecular formula is C14H13N5. The summed E-state index contributed by atoms with van der Waals surface area (Å²) in [4.78, 5) is 4.50. The summed E-state index contributed by atoms with van der Waals surface area (Å²) in [5.74, 6) is 1.47. The zero-order chi connectivity index (χ0) is 13.1. The Labute approximate surface area is 110 Å². The van der Waals surface area contributed by atoms with Gasteiger partial charge in [0.2, 0.25) is 0 Å². The van der Waals surface area contributed by atoms with Gasteiger partial charge in [-0.2, -0.15) is 0 Å². The predicted molar refractivity (Wildman–Crippen MR) is 74.9 cm³/mol. The average Bonchev–Trinajstić information content (AvgIpc) is 2.94. The van der Waals surface area contributed by atoms with Crippen molar-refractivity contribution in [2.24, 2.45) is 0 Å². The molecule has 1 aromatic carbocycles. The predicted octanol–water partition coefficient (Wildman–Crippen LogP) is 2.39. The quantitative estimate of drug-likeness (QED) is 0.723. The summed E-state index contributed by atoms with van der Waals surface area (Å²) < 4.78 is 1.82. The Balaban J connectivity index is 2.13. The highest BCUT2D eigenvalue weighted by molar-refractivity contribution is 5.65. The number of nitrogens with one attached hydrogen (secondary N) is 1. The summed E-state index contributed by atoms with van der Waals surface area (Å²) in [6.45, 7) is 4.38. The molecule has 5 heteroatoms. The Bertz CT molecular complexity index is 702. The van der Waals surface area contributed by atoms with Gasteiger partial charge in [-0.25, -0.2) is 4.98 Å². The first-order chi connectivity index (χ1) is 9.38. The summed E-state index contributed by atoms with van der Waals surface area (Å²) in [6.07, 6.45) is 3.45. The first-order valence-electron chi connectivity index (χ1n) is 5.99. The second-order valence-corrected chi connectivity index (χ2v) is 4.06. The minimum atomic E-state index is 0.577. The van der Waals surface area contributed by atoms with E-state index in [1.807, 2.05) is 40.8 Å². The SMILES string of the molecule is C=CCNc1cc(-c2ccccc2)nc2nncn12. The van der Waals surface area contributed by atoms with Gasteiger partial charge in [-0.1, -0.05) is 36.4 Å². The summed E-state index contributed by atoms with van der Waals surface area (Å²) in [7, 11) is 0. The molecular weight excluding hydrogens is 238 g/mol. The van der Waals surface area contributed by atoms with Gasteiger partial charge < -0.3 is 5.32 Å². The van der Waals surface area contributed by atoms with Crippen LogP contribution < -0.4 is 5.32 Å². The molecule has 0 fully saturated rings. The fourth-order valence-corrected chi connectivity index (χ4v) is 1.88. The summed E-state index contributed by atoms with van der Waals surface area (Å²) in [5, 5.41) is 11.2. The van der Waals surface area contributed by atoms with Crippen molar-refractivity contribution in [2.75, 3.05) is 11.9 Å². The first-order valence-corrected chi connectivity index (χ1v) is 5.99. The number of rotatable bonds is 4. The average molecular weight is 251 g/mol. The number of nitrogens with zero attached hydrogens (tertiary/aromatic N) is 4. The highest BCUT2D eigenvalue weighted by Gasteiger charge is 2.07. The molecule has 2 heterocycles. The molecule has 0 saturated heterocycles. The molecule has 0 bridgehead atoms. The number of hydrogen-bond donors (Lipinski definition) is 1. The van der Waals surface area contributed by atoms with Crippen molar-refractivity contribution in [3.8, 4) is 11.3 Å². The summed E-state index contributed by atoms with van der Waals surface area (Å²) >= 11 is 0. The second-order valence-electron chi connectivity index (χ2n) is 4.06. The molecule has 2 aromatic heterocycles. The van der Waals surface area contributed by atoms with E-state index >= 15 is 0 Å². The van der Waals surface area contributed by atoms with E-state index in [0.717, 1.165) is 17.1 Å². The maximum Gasteiger partial charge on any atom is 0.256 e. The van der Waals surface area contributed by atoms with E-state index in [2.05, 4.69) is 27.1 Å². The minimum absolute atomic E-state index is 0.577. The van der Waals surface area contributed by atoms with Crippen LogP contribution in [0.2, 0.25) is 0 Å². The van der Waals surface area contributed by atoms with Crippen molar-refractivity contribution in [1.29, 1.82) is 0 Å². The Morgan fingerprint density at radius 3 is 2.89 bits per heavy atom. The van der Waals surface area contributed by atoms with Gasteiger partial charge in [0.15, 0.2) is 0 Å². The van der Waals surface area contributed by atoms with Crippen LogP contribution >= 0.6 is 0 Å². The molecule has 19 heavy (non-hydrogen) atoms. The minimum Gasteiger partial charge on any atom is -0.368 e. The van der Waals surface area contributed by atoms with Gasteiger partial charge in [0.1, 0.15) is 12.1 Å². The third-order valence-corrected chi connectivity index (χ3v) is 2.78. The lowest BCUT2D eigenvalue weighted by Crippen LogP contribution is -2.05. The van der Waals surface area contributed by atoms with Gasteiger partial charge in [0.05, 0.1) is 5.69 Å². The molecule has 0 saturated carbocycles. The molecule has 0 aliphatic carbocycles. The van der Waals surface area contributed by atoms with E-state index < -0.39 is 0 Å². The van der Waals surface area contributed by atoms with Gasteiger partial charge in [-0.3, -0.25) is 4.40 Å². The monoisotopic (exact) mass is 251 g/mol. The van der Waals surface area contributed by atoms with E-state index in [4.69, 9.17) is 0 Å². The second kappa shape index (κ2) is 4.89. The molecule has 0 aliphatic heterocycles. The van der Waals surface area contributed by atoms with E-state index in [-0.39, 0.29) is 0 Å². The van der Waals surface area contributed by atoms with Gasteiger partial charge in [0, 0.05) is 18.2 Å². The third-order valence-electron chi connectivity index (χ3n) is 2.78. The van der Waals surface area contributed by atoms with Crippen molar-refractivity contribution < 1.29 is 0 Å². The van der Waals surface area contributed by atoms with Crippen LogP contribution in [0.3, 0.4) is 0 Å². The number of benzene rings is 1. The fraction of sp³-hybridized carbons (Fsp3) is 0.0714. The zero-order valence-electron chi connectivity index (χ0n) is 10.3. The van der Waals surface area contributed by atoms with Crippen LogP contribution in [-0.4, -0.2) is 26.1 Å². The number of aromatic nitrogens is 4. The van der Waals surface area contributed by atoms with E-state index in [0.29, 0.717) is 12.3 Å². The van der Waals surface area contributed by atoms with Crippen LogP contribution in [0.1, 0.15) is 0 Å². The van der Waals surface area contributed by atoms with E-state index in [1.54, 1.807) is 12.4 Å². The maximum absolute atomic E-state index is 4.50. The molecule has 1 N–H and O–H groups in total. The molecule has 94 valence electrons. The molecule has 0 radical (unpaired) electrons. The lowest BCUT2D eigenvalue weighted by atomic mass is 10.1. The Kier molecular flexibility index (Phi) is 2.94. The largest absolute Gasteiger partial charge is 0.368 e. The lowest BCUT2D eigenvalue weighted by molar-refractivity contribution is 1.09. The van der Waals surface area contributed by atoms with E-state index in [1.165, 1.54) is 0 Å². The van der Waals surface area contributed by atoms with Crippen molar-refractivity contribution in [3.63, 3.8) is 0 Å². The molecule has 0 unspecified atom stereocenters. The summed E-state index contributed by atoms with van der Waals surface area (Å²) in [5.41, 5.74) is 1.92. The van der Waals surface area contributed by atoms with Crippen molar-refractivity contribution >= 4 is 11.6 Å². The fourth-order valence-electron chi connectivity index (χ4n) is 1.88. The van der Waals surface area contributed by atoms with Crippen molar-refractivity contribution in [1.82, 2.24) is 19.6 Å². The van der Waals surface area contributed by atoms with Crippen LogP contribution in [0.4, 0.5) is 5.82 Å². The van der Waals surface area contributed by atoms with Gasteiger partial charge in [0.25, 0.3) is 5.78 Å². The summed E-state index contributed by atoms with van der Waals surface area (Å²) in [6, 6.07) is 12.0. The molecule has 0 atom stereocenters. The Morgan fingerprint density at radius 2 is 2.11 bits per heavy atom. The normalized spacial score (nSPS) is 10.5. The van der Waals surface area contributed by atoms with Crippen LogP contribution in [0.15, 0.2) is 55.4 Å². The molecule has 0 amide bonds. The van der Waals surface area contributed by atoms with Gasteiger partial charge in [-0.15, -0.1) is 16.8 Å². The van der Waals surface area contributed by atoms with Crippen LogP contribution in [0.5, 0.6) is 0 Å². The smallest absolute Gasteiger partial charge is 0.256 e. The van der Waals surface area contributed by atoms with Crippen molar-refractivity contribution in [2.45, 2.75) is 0 Å². The van der Waals surface area contributed by atoms with Gasteiger partial charge in [-0.05, 0) is 0 Å². The van der Waals surface area contributed by atoms with E-state index in [9.17, 15) is 0 Å². The standard InChI is InChI=1S/C14H13N5/c1-2-8-15-13-9-12(11-6-4-3-5-7-11)17-14-18-16-10-19(13)14/h2-7,9-10,15H,1,8H2. The number of hydrogen-bond acceptors (Lipinski definition) is 4. The van der Waals surface area contributed by atoms with Crippen LogP contribution in [-0.2, 0) is 0 Å². The topological polar surface area (TPSA) is 55.1 Å². The third kappa shape index (κ3) is 2.18. The Morgan fingerprint density at radius 1 is 1.26 bits per heavy atom. The number of anilines is 1. The highest BCUT2D eigenvalue weighted by Crippen LogP contribution is 2.21. The molecule has 3 rings (SSSR count). The lowest BCUT2D eigenvalue weighted by Gasteiger charge is -2.08. The molecule has 5 nitrogen and oxygen atoms in total. The van der Waals surface area contributed by atoms with Crippen LogP contribution in [0.25, 0.3) is 17.0 Å². The molecule has 0 aliphatic rings. The van der Waals surface area contributed by atoms with Crippen LogP contribution in [0, 0.1) is 0 Å². The van der Waals surface area contributed by atoms with Crippen molar-refractivity contribution in [3.05, 3.63) is 55.4 Å². The highest BCUT2D eigenvalue weighted by atomic mass is 15.3. The molecule has 3 aromatic rings. The Hall–Kier alpha value is -2.69. The zero-order valence-corrected chi connectivity index (χ0v) is 10.3. The van der Waals surface area contributed by atoms with Gasteiger partial charge >= 0.3 is 0 Å². The first kappa shape index (κ1) is 11.4. The molecule has 0 spiro atoms. The maximum atomic E-state index is 4.50.